The Hall–Kier alpha value is -2.01. The van der Waals surface area contributed by atoms with Crippen LogP contribution < -0.4 is 5.32 Å². The van der Waals surface area contributed by atoms with E-state index >= 15 is 0 Å². The SMILES string of the molecule is Cc1nc2cc(F)ccc2cc1C(=O)NCCCOCC1CC1. The summed E-state index contributed by atoms with van der Waals surface area (Å²) in [6.45, 7) is 3.85. The first-order valence-corrected chi connectivity index (χ1v) is 8.06. The second kappa shape index (κ2) is 7.04. The summed E-state index contributed by atoms with van der Waals surface area (Å²) in [5.74, 6) is 0.289. The van der Waals surface area contributed by atoms with Crippen molar-refractivity contribution in [2.24, 2.45) is 5.92 Å². The van der Waals surface area contributed by atoms with Crippen LogP contribution >= 0.6 is 0 Å². The van der Waals surface area contributed by atoms with Gasteiger partial charge >= 0.3 is 0 Å². The maximum Gasteiger partial charge on any atom is 0.253 e. The summed E-state index contributed by atoms with van der Waals surface area (Å²) >= 11 is 0. The van der Waals surface area contributed by atoms with E-state index in [0.29, 0.717) is 29.9 Å². The van der Waals surface area contributed by atoms with Crippen molar-refractivity contribution in [3.63, 3.8) is 0 Å². The molecule has 1 N–H and O–H groups in total. The molecule has 5 heteroatoms. The number of halogens is 1. The minimum atomic E-state index is -0.326. The number of fused-ring (bicyclic) bond motifs is 1. The molecule has 1 aromatic heterocycles. The van der Waals surface area contributed by atoms with Gasteiger partial charge in [0, 0.05) is 31.2 Å². The van der Waals surface area contributed by atoms with Gasteiger partial charge in [-0.05, 0) is 50.3 Å². The Balaban J connectivity index is 1.54. The molecule has 0 spiro atoms. The fraction of sp³-hybridized carbons (Fsp3) is 0.444. The third kappa shape index (κ3) is 4.26. The quantitative estimate of drug-likeness (QED) is 0.798. The van der Waals surface area contributed by atoms with Gasteiger partial charge in [0.25, 0.3) is 5.91 Å². The molecule has 1 saturated carbocycles. The minimum Gasteiger partial charge on any atom is -0.381 e. The monoisotopic (exact) mass is 316 g/mol. The molecule has 0 aliphatic heterocycles. The molecule has 1 aliphatic rings. The van der Waals surface area contributed by atoms with Crippen molar-refractivity contribution in [3.05, 3.63) is 41.3 Å². The zero-order chi connectivity index (χ0) is 16.2. The number of rotatable bonds is 7. The maximum atomic E-state index is 13.2. The number of pyridine rings is 1. The zero-order valence-electron chi connectivity index (χ0n) is 13.3. The molecule has 1 aliphatic carbocycles. The average Bonchev–Trinajstić information content (AvgIpc) is 3.34. The predicted molar refractivity (Wildman–Crippen MR) is 86.9 cm³/mol. The average molecular weight is 316 g/mol. The number of hydrogen-bond acceptors (Lipinski definition) is 3. The van der Waals surface area contributed by atoms with E-state index in [4.69, 9.17) is 4.74 Å². The van der Waals surface area contributed by atoms with Crippen molar-refractivity contribution >= 4 is 16.8 Å². The Kier molecular flexibility index (Phi) is 4.86. The Morgan fingerprint density at radius 2 is 2.22 bits per heavy atom. The highest BCUT2D eigenvalue weighted by Gasteiger charge is 2.20. The molecule has 1 heterocycles. The fourth-order valence-electron chi connectivity index (χ4n) is 2.47. The molecule has 0 atom stereocenters. The van der Waals surface area contributed by atoms with Gasteiger partial charge in [0.1, 0.15) is 5.82 Å². The molecule has 0 bridgehead atoms. The molecule has 0 saturated heterocycles. The molecule has 1 aromatic carbocycles. The number of benzene rings is 1. The van der Waals surface area contributed by atoms with Gasteiger partial charge in [-0.3, -0.25) is 9.78 Å². The van der Waals surface area contributed by atoms with Crippen LogP contribution in [0.3, 0.4) is 0 Å². The fourth-order valence-corrected chi connectivity index (χ4v) is 2.47. The third-order valence-corrected chi connectivity index (χ3v) is 4.02. The van der Waals surface area contributed by atoms with Gasteiger partial charge in [0.2, 0.25) is 0 Å². The molecular formula is C18H21FN2O2. The third-order valence-electron chi connectivity index (χ3n) is 4.02. The molecule has 3 rings (SSSR count). The Bertz CT molecular complexity index is 713. The van der Waals surface area contributed by atoms with Crippen LogP contribution in [0.15, 0.2) is 24.3 Å². The summed E-state index contributed by atoms with van der Waals surface area (Å²) < 4.78 is 18.8. The Labute approximate surface area is 135 Å². The summed E-state index contributed by atoms with van der Waals surface area (Å²) in [4.78, 5) is 16.6. The normalized spacial score (nSPS) is 14.2. The van der Waals surface area contributed by atoms with Crippen LogP contribution in [0.4, 0.5) is 4.39 Å². The van der Waals surface area contributed by atoms with Crippen LogP contribution in [0.5, 0.6) is 0 Å². The van der Waals surface area contributed by atoms with Crippen molar-refractivity contribution < 1.29 is 13.9 Å². The van der Waals surface area contributed by atoms with E-state index in [2.05, 4.69) is 10.3 Å². The van der Waals surface area contributed by atoms with E-state index in [1.165, 1.54) is 25.0 Å². The highest BCUT2D eigenvalue weighted by atomic mass is 19.1. The minimum absolute atomic E-state index is 0.150. The maximum absolute atomic E-state index is 13.2. The molecule has 23 heavy (non-hydrogen) atoms. The zero-order valence-corrected chi connectivity index (χ0v) is 13.3. The Morgan fingerprint density at radius 3 is 3.00 bits per heavy atom. The van der Waals surface area contributed by atoms with E-state index in [1.54, 1.807) is 19.1 Å². The number of aromatic nitrogens is 1. The lowest BCUT2D eigenvalue weighted by Gasteiger charge is -2.09. The molecule has 1 fully saturated rings. The van der Waals surface area contributed by atoms with Crippen LogP contribution in [-0.2, 0) is 4.74 Å². The van der Waals surface area contributed by atoms with E-state index in [1.807, 2.05) is 0 Å². The van der Waals surface area contributed by atoms with E-state index < -0.39 is 0 Å². The van der Waals surface area contributed by atoms with Gasteiger partial charge in [0.05, 0.1) is 16.8 Å². The van der Waals surface area contributed by atoms with Gasteiger partial charge in [-0.25, -0.2) is 4.39 Å². The number of amides is 1. The highest BCUT2D eigenvalue weighted by molar-refractivity contribution is 5.98. The van der Waals surface area contributed by atoms with Gasteiger partial charge in [-0.15, -0.1) is 0 Å². The Morgan fingerprint density at radius 1 is 1.39 bits per heavy atom. The predicted octanol–water partition coefficient (Wildman–Crippen LogP) is 3.23. The van der Waals surface area contributed by atoms with Crippen LogP contribution in [0.1, 0.15) is 35.3 Å². The van der Waals surface area contributed by atoms with E-state index in [9.17, 15) is 9.18 Å². The van der Waals surface area contributed by atoms with E-state index in [0.717, 1.165) is 24.3 Å². The summed E-state index contributed by atoms with van der Waals surface area (Å²) in [5, 5.41) is 3.65. The second-order valence-electron chi connectivity index (χ2n) is 6.09. The topological polar surface area (TPSA) is 51.2 Å². The first-order chi connectivity index (χ1) is 11.1. The standard InChI is InChI=1S/C18H21FN2O2/c1-12-16(9-14-5-6-15(19)10-17(14)21-12)18(22)20-7-2-8-23-11-13-3-4-13/h5-6,9-10,13H,2-4,7-8,11H2,1H3,(H,20,22). The first-order valence-electron chi connectivity index (χ1n) is 8.06. The number of carbonyl (C=O) groups excluding carboxylic acids is 1. The van der Waals surface area contributed by atoms with Crippen molar-refractivity contribution in [1.29, 1.82) is 0 Å². The van der Waals surface area contributed by atoms with Crippen LogP contribution in [0, 0.1) is 18.7 Å². The second-order valence-corrected chi connectivity index (χ2v) is 6.09. The van der Waals surface area contributed by atoms with Crippen molar-refractivity contribution in [3.8, 4) is 0 Å². The number of aryl methyl sites for hydroxylation is 1. The van der Waals surface area contributed by atoms with Gasteiger partial charge in [0.15, 0.2) is 0 Å². The van der Waals surface area contributed by atoms with Gasteiger partial charge < -0.3 is 10.1 Å². The summed E-state index contributed by atoms with van der Waals surface area (Å²) in [7, 11) is 0. The lowest BCUT2D eigenvalue weighted by Crippen LogP contribution is -2.26. The number of hydrogen-bond donors (Lipinski definition) is 1. The number of carbonyl (C=O) groups is 1. The van der Waals surface area contributed by atoms with Crippen LogP contribution in [0.2, 0.25) is 0 Å². The molecule has 4 nitrogen and oxygen atoms in total. The van der Waals surface area contributed by atoms with Crippen molar-refractivity contribution in [2.45, 2.75) is 26.2 Å². The molecular weight excluding hydrogens is 295 g/mol. The molecule has 0 radical (unpaired) electrons. The number of ether oxygens (including phenoxy) is 1. The summed E-state index contributed by atoms with van der Waals surface area (Å²) in [5.41, 5.74) is 1.70. The number of nitrogens with zero attached hydrogens (tertiary/aromatic N) is 1. The molecule has 1 amide bonds. The summed E-state index contributed by atoms with van der Waals surface area (Å²) in [6, 6.07) is 6.15. The largest absolute Gasteiger partial charge is 0.381 e. The molecule has 122 valence electrons. The highest BCUT2D eigenvalue weighted by Crippen LogP contribution is 2.28. The lowest BCUT2D eigenvalue weighted by molar-refractivity contribution is 0.0936. The van der Waals surface area contributed by atoms with Crippen LogP contribution in [0.25, 0.3) is 10.9 Å². The molecule has 0 unspecified atom stereocenters. The lowest BCUT2D eigenvalue weighted by atomic mass is 10.1. The van der Waals surface area contributed by atoms with Gasteiger partial charge in [-0.1, -0.05) is 0 Å². The first kappa shape index (κ1) is 15.9. The van der Waals surface area contributed by atoms with Gasteiger partial charge in [-0.2, -0.15) is 0 Å². The molecule has 2 aromatic rings. The van der Waals surface area contributed by atoms with Crippen LogP contribution in [-0.4, -0.2) is 30.6 Å². The number of nitrogens with one attached hydrogen (secondary N) is 1. The van der Waals surface area contributed by atoms with Crippen molar-refractivity contribution in [1.82, 2.24) is 10.3 Å². The smallest absolute Gasteiger partial charge is 0.253 e. The summed E-state index contributed by atoms with van der Waals surface area (Å²) in [6.07, 6.45) is 3.37. The van der Waals surface area contributed by atoms with E-state index in [-0.39, 0.29) is 11.7 Å². The van der Waals surface area contributed by atoms with Crippen molar-refractivity contribution in [2.75, 3.05) is 19.8 Å².